The Morgan fingerprint density at radius 2 is 2.19 bits per heavy atom. The highest BCUT2D eigenvalue weighted by atomic mass is 19.1. The first-order chi connectivity index (χ1) is 10.0. The largest absolute Gasteiger partial charge is 0.455 e. The molecule has 0 saturated heterocycles. The lowest BCUT2D eigenvalue weighted by Crippen LogP contribution is -2.21. The molecule has 2 aromatic rings. The summed E-state index contributed by atoms with van der Waals surface area (Å²) in [6.07, 6.45) is -0.103. The summed E-state index contributed by atoms with van der Waals surface area (Å²) in [6.45, 7) is 1.24. The molecule has 0 radical (unpaired) electrons. The molecular weight excluding hydrogens is 279 g/mol. The lowest BCUT2D eigenvalue weighted by atomic mass is 10.1. The number of amides is 1. The second kappa shape index (κ2) is 6.65. The van der Waals surface area contributed by atoms with E-state index in [4.69, 9.17) is 9.26 Å². The zero-order chi connectivity index (χ0) is 15.2. The summed E-state index contributed by atoms with van der Waals surface area (Å²) >= 11 is 0. The average Bonchev–Trinajstić information content (AvgIpc) is 2.82. The molecule has 0 spiro atoms. The predicted molar refractivity (Wildman–Crippen MR) is 70.9 cm³/mol. The van der Waals surface area contributed by atoms with Crippen molar-refractivity contribution in [3.05, 3.63) is 47.5 Å². The summed E-state index contributed by atoms with van der Waals surface area (Å²) in [5.41, 5.74) is 0.479. The number of nitrogens with one attached hydrogen (secondary N) is 1. The van der Waals surface area contributed by atoms with Gasteiger partial charge in [-0.05, 0) is 24.6 Å². The van der Waals surface area contributed by atoms with Gasteiger partial charge in [-0.3, -0.25) is 9.59 Å². The first-order valence-corrected chi connectivity index (χ1v) is 6.16. The molecule has 0 unspecified atom stereocenters. The molecule has 0 fully saturated rings. The maximum atomic E-state index is 12.9. The van der Waals surface area contributed by atoms with Gasteiger partial charge in [0.25, 0.3) is 5.91 Å². The van der Waals surface area contributed by atoms with Gasteiger partial charge in [-0.2, -0.15) is 0 Å². The van der Waals surface area contributed by atoms with Crippen LogP contribution in [-0.4, -0.2) is 23.6 Å². The first kappa shape index (κ1) is 14.7. The van der Waals surface area contributed by atoms with Crippen LogP contribution in [0.25, 0.3) is 0 Å². The maximum Gasteiger partial charge on any atom is 0.310 e. The summed E-state index contributed by atoms with van der Waals surface area (Å²) < 4.78 is 22.5. The van der Waals surface area contributed by atoms with Gasteiger partial charge in [-0.15, -0.1) is 0 Å². The van der Waals surface area contributed by atoms with Crippen molar-refractivity contribution in [2.45, 2.75) is 13.3 Å². The van der Waals surface area contributed by atoms with Gasteiger partial charge in [0.15, 0.2) is 12.4 Å². The highest BCUT2D eigenvalue weighted by Gasteiger charge is 2.10. The number of nitrogens with zero attached hydrogens (tertiary/aromatic N) is 1. The van der Waals surface area contributed by atoms with Crippen LogP contribution in [0.5, 0.6) is 0 Å². The van der Waals surface area contributed by atoms with Crippen LogP contribution in [0.3, 0.4) is 0 Å². The monoisotopic (exact) mass is 292 g/mol. The number of carbonyl (C=O) groups is 2. The zero-order valence-corrected chi connectivity index (χ0v) is 11.3. The van der Waals surface area contributed by atoms with E-state index in [1.165, 1.54) is 24.3 Å². The van der Waals surface area contributed by atoms with E-state index in [1.54, 1.807) is 13.0 Å². The fourth-order valence-electron chi connectivity index (χ4n) is 1.61. The number of aromatic nitrogens is 1. The Bertz CT molecular complexity index is 654. The molecule has 1 amide bonds. The summed E-state index contributed by atoms with van der Waals surface area (Å²) in [6, 6.07) is 7.15. The summed E-state index contributed by atoms with van der Waals surface area (Å²) in [4.78, 5) is 23.0. The third-order valence-electron chi connectivity index (χ3n) is 2.50. The molecule has 1 aromatic heterocycles. The number of anilines is 1. The Morgan fingerprint density at radius 3 is 2.86 bits per heavy atom. The summed E-state index contributed by atoms with van der Waals surface area (Å²) in [7, 11) is 0. The topological polar surface area (TPSA) is 81.4 Å². The minimum atomic E-state index is -0.618. The number of hydrogen-bond acceptors (Lipinski definition) is 5. The van der Waals surface area contributed by atoms with Gasteiger partial charge in [0.1, 0.15) is 11.6 Å². The molecule has 6 nitrogen and oxygen atoms in total. The molecule has 0 aliphatic rings. The third-order valence-corrected chi connectivity index (χ3v) is 2.50. The standard InChI is InChI=1S/C14H13FN2O4/c1-9-5-12(17-21-9)16-13(18)8-20-14(19)7-10-3-2-4-11(15)6-10/h2-6H,7-8H2,1H3,(H,16,17,18). The van der Waals surface area contributed by atoms with Crippen molar-refractivity contribution < 1.29 is 23.2 Å². The van der Waals surface area contributed by atoms with Crippen molar-refractivity contribution in [2.24, 2.45) is 0 Å². The summed E-state index contributed by atoms with van der Waals surface area (Å²) in [5.74, 6) is -0.783. The van der Waals surface area contributed by atoms with Crippen molar-refractivity contribution in [1.82, 2.24) is 5.16 Å². The zero-order valence-electron chi connectivity index (χ0n) is 11.3. The number of rotatable bonds is 5. The Kier molecular flexibility index (Phi) is 4.65. The quantitative estimate of drug-likeness (QED) is 0.850. The molecule has 1 heterocycles. The van der Waals surface area contributed by atoms with Gasteiger partial charge in [0.05, 0.1) is 6.42 Å². The van der Waals surface area contributed by atoms with E-state index in [9.17, 15) is 14.0 Å². The van der Waals surface area contributed by atoms with E-state index in [-0.39, 0.29) is 12.2 Å². The summed E-state index contributed by atoms with van der Waals surface area (Å²) in [5, 5.41) is 5.98. The van der Waals surface area contributed by atoms with Gasteiger partial charge in [0, 0.05) is 6.07 Å². The number of aryl methyl sites for hydroxylation is 1. The number of esters is 1. The van der Waals surface area contributed by atoms with E-state index in [2.05, 4.69) is 10.5 Å². The SMILES string of the molecule is Cc1cc(NC(=O)COC(=O)Cc2cccc(F)c2)no1. The molecule has 1 N–H and O–H groups in total. The molecule has 110 valence electrons. The molecular formula is C14H13FN2O4. The number of ether oxygens (including phenoxy) is 1. The van der Waals surface area contributed by atoms with Crippen LogP contribution in [0.2, 0.25) is 0 Å². The van der Waals surface area contributed by atoms with Crippen molar-refractivity contribution in [3.8, 4) is 0 Å². The Hall–Kier alpha value is -2.70. The van der Waals surface area contributed by atoms with Gasteiger partial charge < -0.3 is 14.6 Å². The molecule has 0 aliphatic carbocycles. The van der Waals surface area contributed by atoms with Gasteiger partial charge in [-0.25, -0.2) is 4.39 Å². The highest BCUT2D eigenvalue weighted by Crippen LogP contribution is 2.07. The van der Waals surface area contributed by atoms with Crippen LogP contribution in [0.4, 0.5) is 10.2 Å². The average molecular weight is 292 g/mol. The van der Waals surface area contributed by atoms with Crippen molar-refractivity contribution in [1.29, 1.82) is 0 Å². The fourth-order valence-corrected chi connectivity index (χ4v) is 1.61. The molecule has 1 aromatic carbocycles. The molecule has 2 rings (SSSR count). The van der Waals surface area contributed by atoms with E-state index in [1.807, 2.05) is 0 Å². The number of hydrogen-bond donors (Lipinski definition) is 1. The molecule has 21 heavy (non-hydrogen) atoms. The lowest BCUT2D eigenvalue weighted by molar-refractivity contribution is -0.146. The molecule has 0 bridgehead atoms. The second-order valence-electron chi connectivity index (χ2n) is 4.34. The molecule has 0 aliphatic heterocycles. The highest BCUT2D eigenvalue weighted by molar-refractivity contribution is 5.92. The number of carbonyl (C=O) groups excluding carboxylic acids is 2. The minimum absolute atomic E-state index is 0.103. The van der Waals surface area contributed by atoms with Gasteiger partial charge in [0.2, 0.25) is 0 Å². The van der Waals surface area contributed by atoms with Crippen LogP contribution in [0.1, 0.15) is 11.3 Å². The Morgan fingerprint density at radius 1 is 1.38 bits per heavy atom. The third kappa shape index (κ3) is 4.72. The van der Waals surface area contributed by atoms with Crippen LogP contribution >= 0.6 is 0 Å². The maximum absolute atomic E-state index is 12.9. The smallest absolute Gasteiger partial charge is 0.310 e. The Labute approximate surface area is 119 Å². The first-order valence-electron chi connectivity index (χ1n) is 6.16. The van der Waals surface area contributed by atoms with E-state index in [0.717, 1.165) is 0 Å². The normalized spacial score (nSPS) is 10.2. The van der Waals surface area contributed by atoms with Crippen molar-refractivity contribution in [2.75, 3.05) is 11.9 Å². The van der Waals surface area contributed by atoms with E-state index >= 15 is 0 Å². The number of benzene rings is 1. The minimum Gasteiger partial charge on any atom is -0.455 e. The van der Waals surface area contributed by atoms with Crippen LogP contribution < -0.4 is 5.32 Å². The van der Waals surface area contributed by atoms with E-state index in [0.29, 0.717) is 11.3 Å². The van der Waals surface area contributed by atoms with Gasteiger partial charge >= 0.3 is 5.97 Å². The van der Waals surface area contributed by atoms with Crippen molar-refractivity contribution >= 4 is 17.7 Å². The van der Waals surface area contributed by atoms with Crippen LogP contribution in [0.15, 0.2) is 34.9 Å². The van der Waals surface area contributed by atoms with Gasteiger partial charge in [-0.1, -0.05) is 17.3 Å². The fraction of sp³-hybridized carbons (Fsp3) is 0.214. The van der Waals surface area contributed by atoms with Crippen LogP contribution in [0, 0.1) is 12.7 Å². The van der Waals surface area contributed by atoms with Crippen molar-refractivity contribution in [3.63, 3.8) is 0 Å². The number of halogens is 1. The Balaban J connectivity index is 1.77. The van der Waals surface area contributed by atoms with E-state index < -0.39 is 24.3 Å². The molecule has 0 atom stereocenters. The lowest BCUT2D eigenvalue weighted by Gasteiger charge is -2.04. The predicted octanol–water partition coefficient (Wildman–Crippen LogP) is 1.85. The molecule has 0 saturated carbocycles. The molecule has 7 heteroatoms. The second-order valence-corrected chi connectivity index (χ2v) is 4.34. The van der Waals surface area contributed by atoms with Crippen LogP contribution in [-0.2, 0) is 20.7 Å².